The van der Waals surface area contributed by atoms with E-state index in [2.05, 4.69) is 33.2 Å². The molecule has 0 aliphatic heterocycles. The van der Waals surface area contributed by atoms with Crippen LogP contribution in [-0.4, -0.2) is 23.4 Å². The van der Waals surface area contributed by atoms with E-state index in [0.29, 0.717) is 18.1 Å². The fourth-order valence-corrected chi connectivity index (χ4v) is 1.57. The van der Waals surface area contributed by atoms with Gasteiger partial charge in [-0.15, -0.1) is 0 Å². The Hall–Kier alpha value is -0.400. The van der Waals surface area contributed by atoms with Crippen LogP contribution in [-0.2, 0) is 0 Å². The van der Waals surface area contributed by atoms with Gasteiger partial charge in [-0.2, -0.15) is 0 Å². The van der Waals surface area contributed by atoms with Crippen LogP contribution in [0.25, 0.3) is 0 Å². The summed E-state index contributed by atoms with van der Waals surface area (Å²) in [5.41, 5.74) is 0.969. The first kappa shape index (κ1) is 12.7. The van der Waals surface area contributed by atoms with E-state index in [4.69, 9.17) is 17.3 Å². The average Bonchev–Trinajstić information content (AvgIpc) is 2.22. The Morgan fingerprint density at radius 3 is 2.60 bits per heavy atom. The molecule has 0 fully saturated rings. The molecule has 1 rings (SSSR count). The van der Waals surface area contributed by atoms with Crippen molar-refractivity contribution in [3.8, 4) is 0 Å². The van der Waals surface area contributed by atoms with Crippen LogP contribution in [0.4, 0.5) is 5.69 Å². The number of benzene rings is 1. The second-order valence-corrected chi connectivity index (χ2v) is 4.62. The summed E-state index contributed by atoms with van der Waals surface area (Å²) in [5.74, 6) is 0. The predicted octanol–water partition coefficient (Wildman–Crippen LogP) is 1.96. The van der Waals surface area contributed by atoms with Crippen molar-refractivity contribution >= 4 is 45.6 Å². The maximum atomic E-state index is 8.59. The Morgan fingerprint density at radius 1 is 1.33 bits per heavy atom. The molecule has 0 bridgehead atoms. The van der Waals surface area contributed by atoms with Crippen LogP contribution >= 0.6 is 34.8 Å². The fourth-order valence-electron chi connectivity index (χ4n) is 0.989. The van der Waals surface area contributed by atoms with Gasteiger partial charge in [0.05, 0.1) is 0 Å². The summed E-state index contributed by atoms with van der Waals surface area (Å²) in [5, 5.41) is 15.3. The Bertz CT molecular complexity index is 316. The fraction of sp³-hybridized carbons (Fsp3) is 0.300. The zero-order valence-corrected chi connectivity index (χ0v) is 11.1. The second-order valence-electron chi connectivity index (χ2n) is 2.96. The van der Waals surface area contributed by atoms with E-state index in [1.54, 1.807) is 0 Å². The third-order valence-electron chi connectivity index (χ3n) is 1.72. The van der Waals surface area contributed by atoms with Gasteiger partial charge in [0.25, 0.3) is 0 Å². The molecule has 0 unspecified atom stereocenters. The van der Waals surface area contributed by atoms with Crippen LogP contribution in [0.1, 0.15) is 6.42 Å². The Balaban J connectivity index is 2.34. The molecular formula is C10H13IN2OS. The molecule has 3 nitrogen and oxygen atoms in total. The van der Waals surface area contributed by atoms with Crippen molar-refractivity contribution in [1.82, 2.24) is 5.32 Å². The van der Waals surface area contributed by atoms with Crippen LogP contribution in [0.2, 0.25) is 0 Å². The Kier molecular flexibility index (Phi) is 5.89. The summed E-state index contributed by atoms with van der Waals surface area (Å²) in [7, 11) is 0. The molecule has 0 amide bonds. The number of thiocarbonyl (C=S) groups is 1. The van der Waals surface area contributed by atoms with Crippen molar-refractivity contribution in [1.29, 1.82) is 0 Å². The van der Waals surface area contributed by atoms with Crippen LogP contribution < -0.4 is 10.6 Å². The van der Waals surface area contributed by atoms with Gasteiger partial charge in [0.1, 0.15) is 0 Å². The number of anilines is 1. The first-order valence-electron chi connectivity index (χ1n) is 4.63. The first-order valence-corrected chi connectivity index (χ1v) is 6.12. The van der Waals surface area contributed by atoms with Gasteiger partial charge in [-0.05, 0) is 65.5 Å². The number of nitrogens with one attached hydrogen (secondary N) is 2. The van der Waals surface area contributed by atoms with Gasteiger partial charge in [0, 0.05) is 22.4 Å². The number of aliphatic hydroxyl groups is 1. The van der Waals surface area contributed by atoms with E-state index < -0.39 is 0 Å². The average molecular weight is 336 g/mol. The highest BCUT2D eigenvalue weighted by Gasteiger charge is 1.96. The molecule has 0 aliphatic carbocycles. The molecule has 0 spiro atoms. The number of hydrogen-bond donors (Lipinski definition) is 3. The minimum atomic E-state index is 0.180. The molecule has 0 radical (unpaired) electrons. The number of aliphatic hydroxyl groups excluding tert-OH is 1. The summed E-state index contributed by atoms with van der Waals surface area (Å²) in [6.07, 6.45) is 0.703. The van der Waals surface area contributed by atoms with Crippen molar-refractivity contribution in [3.63, 3.8) is 0 Å². The lowest BCUT2D eigenvalue weighted by Gasteiger charge is -2.09. The Labute approximate surface area is 108 Å². The molecule has 1 aromatic rings. The largest absolute Gasteiger partial charge is 0.396 e. The van der Waals surface area contributed by atoms with Gasteiger partial charge in [-0.3, -0.25) is 0 Å². The van der Waals surface area contributed by atoms with Crippen molar-refractivity contribution in [2.45, 2.75) is 6.42 Å². The molecule has 5 heteroatoms. The summed E-state index contributed by atoms with van der Waals surface area (Å²) < 4.78 is 1.19. The summed E-state index contributed by atoms with van der Waals surface area (Å²) in [4.78, 5) is 0. The topological polar surface area (TPSA) is 44.3 Å². The van der Waals surface area contributed by atoms with E-state index in [1.165, 1.54) is 3.57 Å². The van der Waals surface area contributed by atoms with Gasteiger partial charge in [0.2, 0.25) is 0 Å². The number of halogens is 1. The molecule has 0 saturated carbocycles. The zero-order valence-electron chi connectivity index (χ0n) is 8.16. The summed E-state index contributed by atoms with van der Waals surface area (Å²) >= 11 is 7.33. The van der Waals surface area contributed by atoms with E-state index in [9.17, 15) is 0 Å². The third-order valence-corrected chi connectivity index (χ3v) is 2.69. The predicted molar refractivity (Wildman–Crippen MR) is 75.1 cm³/mol. The van der Waals surface area contributed by atoms with E-state index in [-0.39, 0.29) is 6.61 Å². The molecule has 82 valence electrons. The molecule has 0 atom stereocenters. The van der Waals surface area contributed by atoms with Gasteiger partial charge in [-0.1, -0.05) is 0 Å². The highest BCUT2D eigenvalue weighted by molar-refractivity contribution is 14.1. The Morgan fingerprint density at radius 2 is 2.00 bits per heavy atom. The summed E-state index contributed by atoms with van der Waals surface area (Å²) in [6, 6.07) is 7.97. The molecule has 3 N–H and O–H groups in total. The maximum Gasteiger partial charge on any atom is 0.170 e. The van der Waals surface area contributed by atoms with E-state index in [0.717, 1.165) is 5.69 Å². The molecule has 15 heavy (non-hydrogen) atoms. The van der Waals surface area contributed by atoms with Crippen LogP contribution in [0.15, 0.2) is 24.3 Å². The van der Waals surface area contributed by atoms with Crippen LogP contribution in [0.3, 0.4) is 0 Å². The highest BCUT2D eigenvalue weighted by atomic mass is 127. The number of rotatable bonds is 4. The lowest BCUT2D eigenvalue weighted by Crippen LogP contribution is -2.29. The first-order chi connectivity index (χ1) is 7.22. The quantitative estimate of drug-likeness (QED) is 0.447. The zero-order chi connectivity index (χ0) is 11.1. The lowest BCUT2D eigenvalue weighted by atomic mass is 10.3. The maximum absolute atomic E-state index is 8.59. The lowest BCUT2D eigenvalue weighted by molar-refractivity contribution is 0.289. The molecule has 0 saturated heterocycles. The second kappa shape index (κ2) is 6.97. The molecule has 1 aromatic carbocycles. The molecular weight excluding hydrogens is 323 g/mol. The van der Waals surface area contributed by atoms with Crippen LogP contribution in [0.5, 0.6) is 0 Å². The molecule has 0 aliphatic rings. The van der Waals surface area contributed by atoms with E-state index >= 15 is 0 Å². The van der Waals surface area contributed by atoms with Gasteiger partial charge < -0.3 is 15.7 Å². The third kappa shape index (κ3) is 5.29. The number of hydrogen-bond acceptors (Lipinski definition) is 2. The van der Waals surface area contributed by atoms with Crippen molar-refractivity contribution in [3.05, 3.63) is 27.8 Å². The van der Waals surface area contributed by atoms with Crippen molar-refractivity contribution < 1.29 is 5.11 Å². The molecule has 0 aromatic heterocycles. The smallest absolute Gasteiger partial charge is 0.170 e. The normalized spacial score (nSPS) is 9.73. The van der Waals surface area contributed by atoms with Crippen molar-refractivity contribution in [2.24, 2.45) is 0 Å². The monoisotopic (exact) mass is 336 g/mol. The van der Waals surface area contributed by atoms with Gasteiger partial charge >= 0.3 is 0 Å². The molecule has 0 heterocycles. The van der Waals surface area contributed by atoms with Gasteiger partial charge in [0.15, 0.2) is 5.11 Å². The minimum Gasteiger partial charge on any atom is -0.396 e. The minimum absolute atomic E-state index is 0.180. The summed E-state index contributed by atoms with van der Waals surface area (Å²) in [6.45, 7) is 0.867. The van der Waals surface area contributed by atoms with E-state index in [1.807, 2.05) is 24.3 Å². The van der Waals surface area contributed by atoms with Crippen molar-refractivity contribution in [2.75, 3.05) is 18.5 Å². The standard InChI is InChI=1S/C10H13IN2OS/c11-8-2-4-9(5-3-8)13-10(15)12-6-1-7-14/h2-5,14H,1,6-7H2,(H2,12,13,15). The SMILES string of the molecule is OCCCNC(=S)Nc1ccc(I)cc1. The highest BCUT2D eigenvalue weighted by Crippen LogP contribution is 2.10. The van der Waals surface area contributed by atoms with Crippen LogP contribution in [0, 0.1) is 3.57 Å². The van der Waals surface area contributed by atoms with Gasteiger partial charge in [-0.25, -0.2) is 0 Å².